The molecule has 0 spiro atoms. The SMILES string of the molecule is COC(=O)Cc1cc(=O)n(C)c2ccc(F)cc12. The fourth-order valence-corrected chi connectivity index (χ4v) is 1.87. The highest BCUT2D eigenvalue weighted by molar-refractivity contribution is 5.86. The first-order valence-electron chi connectivity index (χ1n) is 5.38. The van der Waals surface area contributed by atoms with Crippen LogP contribution < -0.4 is 5.56 Å². The van der Waals surface area contributed by atoms with Crippen LogP contribution in [-0.4, -0.2) is 17.6 Å². The van der Waals surface area contributed by atoms with Gasteiger partial charge in [-0.25, -0.2) is 4.39 Å². The number of hydrogen-bond donors (Lipinski definition) is 0. The molecule has 18 heavy (non-hydrogen) atoms. The first-order valence-corrected chi connectivity index (χ1v) is 5.38. The zero-order valence-electron chi connectivity index (χ0n) is 10.1. The molecule has 0 fully saturated rings. The van der Waals surface area contributed by atoms with Gasteiger partial charge in [0.1, 0.15) is 5.82 Å². The Kier molecular flexibility index (Phi) is 3.14. The lowest BCUT2D eigenvalue weighted by molar-refractivity contribution is -0.139. The van der Waals surface area contributed by atoms with Gasteiger partial charge in [0.05, 0.1) is 19.0 Å². The van der Waals surface area contributed by atoms with E-state index in [9.17, 15) is 14.0 Å². The molecular formula is C13H12FNO3. The number of pyridine rings is 1. The van der Waals surface area contributed by atoms with E-state index in [1.807, 2.05) is 0 Å². The highest BCUT2D eigenvalue weighted by Gasteiger charge is 2.11. The van der Waals surface area contributed by atoms with Gasteiger partial charge in [-0.05, 0) is 23.8 Å². The second-order valence-electron chi connectivity index (χ2n) is 3.98. The molecule has 0 aliphatic heterocycles. The lowest BCUT2D eigenvalue weighted by Crippen LogP contribution is -2.18. The lowest BCUT2D eigenvalue weighted by Gasteiger charge is -2.09. The minimum Gasteiger partial charge on any atom is -0.469 e. The van der Waals surface area contributed by atoms with Crippen molar-refractivity contribution in [3.8, 4) is 0 Å². The van der Waals surface area contributed by atoms with Crippen molar-refractivity contribution in [1.29, 1.82) is 0 Å². The zero-order valence-corrected chi connectivity index (χ0v) is 10.1. The summed E-state index contributed by atoms with van der Waals surface area (Å²) in [6, 6.07) is 5.45. The smallest absolute Gasteiger partial charge is 0.310 e. The summed E-state index contributed by atoms with van der Waals surface area (Å²) < 4.78 is 19.2. The minimum absolute atomic E-state index is 0.0491. The summed E-state index contributed by atoms with van der Waals surface area (Å²) in [7, 11) is 2.87. The molecular weight excluding hydrogens is 237 g/mol. The number of esters is 1. The van der Waals surface area contributed by atoms with Gasteiger partial charge in [-0.3, -0.25) is 9.59 Å². The summed E-state index contributed by atoms with van der Waals surface area (Å²) in [5.41, 5.74) is 0.815. The third-order valence-electron chi connectivity index (χ3n) is 2.86. The molecule has 1 aromatic heterocycles. The van der Waals surface area contributed by atoms with Gasteiger partial charge in [0.25, 0.3) is 5.56 Å². The number of rotatable bonds is 2. The molecule has 2 aromatic rings. The van der Waals surface area contributed by atoms with Crippen LogP contribution in [0.15, 0.2) is 29.1 Å². The number of carbonyl (C=O) groups is 1. The quantitative estimate of drug-likeness (QED) is 0.756. The molecule has 0 N–H and O–H groups in total. The van der Waals surface area contributed by atoms with Gasteiger partial charge in [0.2, 0.25) is 0 Å². The summed E-state index contributed by atoms with van der Waals surface area (Å²) in [6.07, 6.45) is -0.0491. The van der Waals surface area contributed by atoms with E-state index >= 15 is 0 Å². The maximum absolute atomic E-state index is 13.3. The number of ether oxygens (including phenoxy) is 1. The molecule has 0 radical (unpaired) electrons. The van der Waals surface area contributed by atoms with Crippen LogP contribution in [0.4, 0.5) is 4.39 Å². The molecule has 0 aliphatic carbocycles. The van der Waals surface area contributed by atoms with Crippen molar-refractivity contribution >= 4 is 16.9 Å². The van der Waals surface area contributed by atoms with Crippen molar-refractivity contribution in [3.63, 3.8) is 0 Å². The van der Waals surface area contributed by atoms with Crippen LogP contribution in [0.2, 0.25) is 0 Å². The average Bonchev–Trinajstić information content (AvgIpc) is 2.35. The Balaban J connectivity index is 2.72. The molecule has 0 aliphatic rings. The molecule has 5 heteroatoms. The summed E-state index contributed by atoms with van der Waals surface area (Å²) in [6.45, 7) is 0. The lowest BCUT2D eigenvalue weighted by atomic mass is 10.1. The van der Waals surface area contributed by atoms with E-state index in [4.69, 9.17) is 0 Å². The van der Waals surface area contributed by atoms with Crippen LogP contribution >= 0.6 is 0 Å². The number of methoxy groups -OCH3 is 1. The Hall–Kier alpha value is -2.17. The number of benzene rings is 1. The van der Waals surface area contributed by atoms with E-state index in [2.05, 4.69) is 4.74 Å². The highest BCUT2D eigenvalue weighted by Crippen LogP contribution is 2.18. The zero-order chi connectivity index (χ0) is 13.3. The molecule has 1 heterocycles. The predicted molar refractivity (Wildman–Crippen MR) is 64.9 cm³/mol. The Labute approximate surface area is 103 Å². The number of hydrogen-bond acceptors (Lipinski definition) is 3. The van der Waals surface area contributed by atoms with Gasteiger partial charge in [-0.1, -0.05) is 0 Å². The number of halogens is 1. The van der Waals surface area contributed by atoms with Gasteiger partial charge in [-0.15, -0.1) is 0 Å². The molecule has 4 nitrogen and oxygen atoms in total. The van der Waals surface area contributed by atoms with Crippen LogP contribution in [0.1, 0.15) is 5.56 Å². The van der Waals surface area contributed by atoms with Crippen molar-refractivity contribution in [1.82, 2.24) is 4.57 Å². The average molecular weight is 249 g/mol. The largest absolute Gasteiger partial charge is 0.469 e. The first-order chi connectivity index (χ1) is 8.52. The summed E-state index contributed by atoms with van der Waals surface area (Å²) >= 11 is 0. The Morgan fingerprint density at radius 3 is 2.78 bits per heavy atom. The summed E-state index contributed by atoms with van der Waals surface area (Å²) in [4.78, 5) is 23.0. The van der Waals surface area contributed by atoms with E-state index in [1.165, 1.54) is 35.9 Å². The molecule has 2 rings (SSSR count). The van der Waals surface area contributed by atoms with Crippen LogP contribution in [0.25, 0.3) is 10.9 Å². The number of carbonyl (C=O) groups excluding carboxylic acids is 1. The van der Waals surface area contributed by atoms with Crippen LogP contribution in [0, 0.1) is 5.82 Å². The third kappa shape index (κ3) is 2.11. The fourth-order valence-electron chi connectivity index (χ4n) is 1.87. The maximum atomic E-state index is 13.3. The normalized spacial score (nSPS) is 10.6. The van der Waals surface area contributed by atoms with Gasteiger partial charge in [-0.2, -0.15) is 0 Å². The Bertz CT molecular complexity index is 676. The number of aromatic nitrogens is 1. The standard InChI is InChI=1S/C13H12FNO3/c1-15-11-4-3-9(14)7-10(11)8(5-12(15)16)6-13(17)18-2/h3-5,7H,6H2,1-2H3. The van der Waals surface area contributed by atoms with Gasteiger partial charge in [0.15, 0.2) is 0 Å². The van der Waals surface area contributed by atoms with E-state index in [-0.39, 0.29) is 12.0 Å². The molecule has 0 saturated carbocycles. The number of fused-ring (bicyclic) bond motifs is 1. The molecule has 94 valence electrons. The molecule has 0 unspecified atom stereocenters. The van der Waals surface area contributed by atoms with Gasteiger partial charge < -0.3 is 9.30 Å². The second-order valence-corrected chi connectivity index (χ2v) is 3.98. The van der Waals surface area contributed by atoms with E-state index < -0.39 is 11.8 Å². The number of nitrogens with zero attached hydrogens (tertiary/aromatic N) is 1. The van der Waals surface area contributed by atoms with E-state index in [0.29, 0.717) is 16.5 Å². The van der Waals surface area contributed by atoms with Crippen molar-refractivity contribution in [2.45, 2.75) is 6.42 Å². The monoisotopic (exact) mass is 249 g/mol. The fraction of sp³-hybridized carbons (Fsp3) is 0.231. The van der Waals surface area contributed by atoms with Crippen molar-refractivity contribution < 1.29 is 13.9 Å². The molecule has 0 amide bonds. The topological polar surface area (TPSA) is 48.3 Å². The first kappa shape index (κ1) is 12.3. The second kappa shape index (κ2) is 4.60. The minimum atomic E-state index is -0.464. The summed E-state index contributed by atoms with van der Waals surface area (Å²) in [5.74, 6) is -0.874. The van der Waals surface area contributed by atoms with Gasteiger partial charge in [0, 0.05) is 18.5 Å². The van der Waals surface area contributed by atoms with Crippen LogP contribution in [-0.2, 0) is 23.0 Å². The molecule has 0 atom stereocenters. The third-order valence-corrected chi connectivity index (χ3v) is 2.86. The molecule has 1 aromatic carbocycles. The maximum Gasteiger partial charge on any atom is 0.310 e. The Morgan fingerprint density at radius 1 is 1.39 bits per heavy atom. The van der Waals surface area contributed by atoms with Crippen molar-refractivity contribution in [2.24, 2.45) is 7.05 Å². The van der Waals surface area contributed by atoms with E-state index in [0.717, 1.165) is 0 Å². The van der Waals surface area contributed by atoms with Crippen LogP contribution in [0.3, 0.4) is 0 Å². The van der Waals surface area contributed by atoms with Crippen molar-refractivity contribution in [3.05, 3.63) is 46.0 Å². The van der Waals surface area contributed by atoms with Crippen LogP contribution in [0.5, 0.6) is 0 Å². The summed E-state index contributed by atoms with van der Waals surface area (Å²) in [5, 5.41) is 0.544. The Morgan fingerprint density at radius 2 is 2.11 bits per heavy atom. The predicted octanol–water partition coefficient (Wildman–Crippen LogP) is 1.39. The van der Waals surface area contributed by atoms with E-state index in [1.54, 1.807) is 7.05 Å². The molecule has 0 bridgehead atoms. The molecule has 0 saturated heterocycles. The van der Waals surface area contributed by atoms with Gasteiger partial charge >= 0.3 is 5.97 Å². The number of aryl methyl sites for hydroxylation is 1. The highest BCUT2D eigenvalue weighted by atomic mass is 19.1. The van der Waals surface area contributed by atoms with Crippen molar-refractivity contribution in [2.75, 3.05) is 7.11 Å².